The summed E-state index contributed by atoms with van der Waals surface area (Å²) in [6, 6.07) is 0.410. The minimum absolute atomic E-state index is 0.106. The fraction of sp³-hybridized carbons (Fsp3) is 0.889. The average Bonchev–Trinajstić information content (AvgIpc) is 2.02. The third kappa shape index (κ3) is 1.84. The molecule has 0 aliphatic carbocycles. The molecule has 0 radical (unpaired) electrons. The molecule has 4 nitrogen and oxygen atoms in total. The third-order valence-corrected chi connectivity index (χ3v) is 2.97. The Hall–Kier alpha value is -0.610. The summed E-state index contributed by atoms with van der Waals surface area (Å²) in [5, 5.41) is 3.13. The summed E-state index contributed by atoms with van der Waals surface area (Å²) in [6.07, 6.45) is 2.91. The van der Waals surface area contributed by atoms with E-state index in [1.54, 1.807) is 0 Å². The second-order valence-corrected chi connectivity index (χ2v) is 3.96. The molecule has 0 aromatic heterocycles. The summed E-state index contributed by atoms with van der Waals surface area (Å²) in [5.41, 5.74) is 5.77. The fourth-order valence-electron chi connectivity index (χ4n) is 1.84. The molecule has 0 unspecified atom stereocenters. The highest BCUT2D eigenvalue weighted by atomic mass is 16.2. The van der Waals surface area contributed by atoms with E-state index in [4.69, 9.17) is 5.73 Å². The zero-order valence-corrected chi connectivity index (χ0v) is 7.83. The van der Waals surface area contributed by atoms with Crippen molar-refractivity contribution in [2.45, 2.75) is 31.3 Å². The number of hydrogen-bond acceptors (Lipinski definition) is 3. The molecule has 0 bridgehead atoms. The number of carbonyl (C=O) groups is 1. The number of nitrogens with zero attached hydrogens (tertiary/aromatic N) is 1. The number of likely N-dealkylation sites (tertiary alicyclic amines) is 1. The Morgan fingerprint density at radius 1 is 1.31 bits per heavy atom. The highest BCUT2D eigenvalue weighted by molar-refractivity contribution is 5.82. The van der Waals surface area contributed by atoms with E-state index in [9.17, 15) is 4.79 Å². The van der Waals surface area contributed by atoms with Crippen LogP contribution < -0.4 is 11.1 Å². The molecule has 0 saturated carbocycles. The van der Waals surface area contributed by atoms with E-state index in [1.807, 2.05) is 4.90 Å². The lowest BCUT2D eigenvalue weighted by Gasteiger charge is -2.36. The normalized spacial score (nSPS) is 29.9. The number of piperidine rings is 1. The number of nitrogens with two attached hydrogens (primary N) is 1. The van der Waals surface area contributed by atoms with Crippen molar-refractivity contribution in [1.29, 1.82) is 0 Å². The topological polar surface area (TPSA) is 58.4 Å². The van der Waals surface area contributed by atoms with Gasteiger partial charge in [-0.15, -0.1) is 0 Å². The number of hydrogen-bond donors (Lipinski definition) is 2. The molecule has 4 heteroatoms. The van der Waals surface area contributed by atoms with Crippen LogP contribution in [0.4, 0.5) is 0 Å². The van der Waals surface area contributed by atoms with Gasteiger partial charge in [0, 0.05) is 19.1 Å². The van der Waals surface area contributed by atoms with Crippen LogP contribution in [0.3, 0.4) is 0 Å². The summed E-state index contributed by atoms with van der Waals surface area (Å²) in [7, 11) is 0. The molecule has 0 aromatic rings. The van der Waals surface area contributed by atoms with Crippen molar-refractivity contribution in [2.24, 2.45) is 5.73 Å². The van der Waals surface area contributed by atoms with Crippen LogP contribution in [0.15, 0.2) is 0 Å². The number of amides is 1. The third-order valence-electron chi connectivity index (χ3n) is 2.97. The van der Waals surface area contributed by atoms with Crippen LogP contribution in [0.5, 0.6) is 0 Å². The molecule has 2 aliphatic heterocycles. The Morgan fingerprint density at radius 2 is 1.92 bits per heavy atom. The molecule has 3 N–H and O–H groups in total. The SMILES string of the molecule is NC1CCN(C(=O)[C@H]2CCN2)CC1. The van der Waals surface area contributed by atoms with E-state index in [0.717, 1.165) is 38.9 Å². The first kappa shape index (κ1) is 8.97. The van der Waals surface area contributed by atoms with Gasteiger partial charge in [-0.25, -0.2) is 0 Å². The fourth-order valence-corrected chi connectivity index (χ4v) is 1.84. The highest BCUT2D eigenvalue weighted by Gasteiger charge is 2.30. The second kappa shape index (κ2) is 3.64. The molecule has 2 saturated heterocycles. The molecule has 2 aliphatic rings. The van der Waals surface area contributed by atoms with Crippen LogP contribution in [0, 0.1) is 0 Å². The van der Waals surface area contributed by atoms with Crippen LogP contribution in [-0.4, -0.2) is 42.5 Å². The van der Waals surface area contributed by atoms with Crippen molar-refractivity contribution < 1.29 is 4.79 Å². The van der Waals surface area contributed by atoms with Gasteiger partial charge >= 0.3 is 0 Å². The lowest BCUT2D eigenvalue weighted by Crippen LogP contribution is -2.56. The Morgan fingerprint density at radius 3 is 2.38 bits per heavy atom. The first-order chi connectivity index (χ1) is 6.27. The number of nitrogens with one attached hydrogen (secondary N) is 1. The first-order valence-electron chi connectivity index (χ1n) is 5.05. The van der Waals surface area contributed by atoms with Gasteiger partial charge in [0.2, 0.25) is 5.91 Å². The zero-order chi connectivity index (χ0) is 9.26. The lowest BCUT2D eigenvalue weighted by molar-refractivity contribution is -0.136. The smallest absolute Gasteiger partial charge is 0.239 e. The van der Waals surface area contributed by atoms with E-state index in [0.29, 0.717) is 6.04 Å². The summed E-state index contributed by atoms with van der Waals surface area (Å²) in [6.45, 7) is 2.68. The number of rotatable bonds is 1. The van der Waals surface area contributed by atoms with Crippen LogP contribution in [0.1, 0.15) is 19.3 Å². The van der Waals surface area contributed by atoms with Gasteiger partial charge in [0.05, 0.1) is 6.04 Å². The Balaban J connectivity index is 1.83. The van der Waals surface area contributed by atoms with Gasteiger partial charge in [-0.1, -0.05) is 0 Å². The maximum atomic E-state index is 11.7. The van der Waals surface area contributed by atoms with E-state index < -0.39 is 0 Å². The molecule has 0 spiro atoms. The zero-order valence-electron chi connectivity index (χ0n) is 7.83. The van der Waals surface area contributed by atoms with Crippen molar-refractivity contribution in [3.63, 3.8) is 0 Å². The molecule has 1 atom stereocenters. The minimum Gasteiger partial charge on any atom is -0.341 e. The molecule has 2 fully saturated rings. The van der Waals surface area contributed by atoms with Gasteiger partial charge < -0.3 is 16.0 Å². The van der Waals surface area contributed by atoms with E-state index in [1.165, 1.54) is 0 Å². The Bertz CT molecular complexity index is 195. The molecule has 13 heavy (non-hydrogen) atoms. The van der Waals surface area contributed by atoms with Gasteiger partial charge in [-0.3, -0.25) is 4.79 Å². The standard InChI is InChI=1S/C9H17N3O/c10-7-2-5-12(6-3-7)9(13)8-1-4-11-8/h7-8,11H,1-6,10H2/t8-/m1/s1. The molecular formula is C9H17N3O. The van der Waals surface area contributed by atoms with Crippen LogP contribution in [0.2, 0.25) is 0 Å². The monoisotopic (exact) mass is 183 g/mol. The van der Waals surface area contributed by atoms with E-state index in [-0.39, 0.29) is 11.9 Å². The first-order valence-corrected chi connectivity index (χ1v) is 5.05. The van der Waals surface area contributed by atoms with E-state index in [2.05, 4.69) is 5.32 Å². The predicted octanol–water partition coefficient (Wildman–Crippen LogP) is -0.702. The van der Waals surface area contributed by atoms with Crippen molar-refractivity contribution in [3.05, 3.63) is 0 Å². The highest BCUT2D eigenvalue weighted by Crippen LogP contribution is 2.13. The largest absolute Gasteiger partial charge is 0.341 e. The maximum absolute atomic E-state index is 11.7. The van der Waals surface area contributed by atoms with E-state index >= 15 is 0 Å². The molecule has 74 valence electrons. The van der Waals surface area contributed by atoms with Crippen LogP contribution >= 0.6 is 0 Å². The summed E-state index contributed by atoms with van der Waals surface area (Å²) in [4.78, 5) is 13.7. The van der Waals surface area contributed by atoms with Crippen molar-refractivity contribution in [1.82, 2.24) is 10.2 Å². The summed E-state index contributed by atoms with van der Waals surface area (Å²) < 4.78 is 0. The van der Waals surface area contributed by atoms with Crippen molar-refractivity contribution in [3.8, 4) is 0 Å². The average molecular weight is 183 g/mol. The van der Waals surface area contributed by atoms with Gasteiger partial charge in [-0.2, -0.15) is 0 Å². The minimum atomic E-state index is 0.106. The summed E-state index contributed by atoms with van der Waals surface area (Å²) >= 11 is 0. The summed E-state index contributed by atoms with van der Waals surface area (Å²) in [5.74, 6) is 0.276. The van der Waals surface area contributed by atoms with Gasteiger partial charge in [0.15, 0.2) is 0 Å². The van der Waals surface area contributed by atoms with Crippen LogP contribution in [-0.2, 0) is 4.79 Å². The van der Waals surface area contributed by atoms with Gasteiger partial charge in [0.1, 0.15) is 0 Å². The van der Waals surface area contributed by atoms with Gasteiger partial charge in [-0.05, 0) is 25.8 Å². The van der Waals surface area contributed by atoms with Crippen molar-refractivity contribution >= 4 is 5.91 Å². The van der Waals surface area contributed by atoms with Gasteiger partial charge in [0.25, 0.3) is 0 Å². The van der Waals surface area contributed by atoms with Crippen LogP contribution in [0.25, 0.3) is 0 Å². The van der Waals surface area contributed by atoms with Crippen molar-refractivity contribution in [2.75, 3.05) is 19.6 Å². The Labute approximate surface area is 78.5 Å². The number of carbonyl (C=O) groups excluding carboxylic acids is 1. The lowest BCUT2D eigenvalue weighted by atomic mass is 10.0. The predicted molar refractivity (Wildman–Crippen MR) is 50.2 cm³/mol. The maximum Gasteiger partial charge on any atom is 0.239 e. The molecule has 2 heterocycles. The second-order valence-electron chi connectivity index (χ2n) is 3.96. The molecular weight excluding hydrogens is 166 g/mol. The Kier molecular flexibility index (Phi) is 2.51. The molecule has 1 amide bonds. The molecule has 0 aromatic carbocycles. The quantitative estimate of drug-likeness (QED) is 0.565. The molecule has 2 rings (SSSR count).